The van der Waals surface area contributed by atoms with E-state index in [2.05, 4.69) is 189 Å². The molecule has 0 unspecified atom stereocenters. The van der Waals surface area contributed by atoms with Crippen LogP contribution in [0.5, 0.6) is 0 Å². The number of aliphatic hydroxyl groups is 1. The van der Waals surface area contributed by atoms with Crippen LogP contribution in [-0.4, -0.2) is 5.11 Å². The van der Waals surface area contributed by atoms with Gasteiger partial charge in [0.2, 0.25) is 0 Å². The standard InChI is InChI=1S/2C18H15P.C6H10O.CH3.Rh/c2*1-4-10-16(11-5-1)19(17-12-6-2-7-13-17)18-14-8-3-9-15-18;1-3-5-6(7)4-2;;/h2*1-15H;3-4,7H,1,5H2,2H3;1H3;/q;;;-1;/p+2/b;;6-4+;;. The largest absolute Gasteiger partial charge is 0.512 e. The third-order valence-electron chi connectivity index (χ3n) is 7.06. The van der Waals surface area contributed by atoms with Crippen molar-refractivity contribution in [2.75, 3.05) is 0 Å². The molecule has 0 saturated carbocycles. The zero-order chi connectivity index (χ0) is 31.5. The summed E-state index contributed by atoms with van der Waals surface area (Å²) in [6.45, 7) is 5.24. The fourth-order valence-corrected chi connectivity index (χ4v) is 10.0. The van der Waals surface area contributed by atoms with E-state index in [0.29, 0.717) is 12.2 Å². The van der Waals surface area contributed by atoms with E-state index in [1.165, 1.54) is 31.8 Å². The molecule has 0 heterocycles. The molecule has 47 heavy (non-hydrogen) atoms. The van der Waals surface area contributed by atoms with Crippen LogP contribution >= 0.6 is 15.8 Å². The van der Waals surface area contributed by atoms with Crippen LogP contribution in [0, 0.1) is 7.43 Å². The summed E-state index contributed by atoms with van der Waals surface area (Å²) >= 11 is 0. The zero-order valence-electron chi connectivity index (χ0n) is 27.2. The molecule has 0 atom stereocenters. The average molecular weight is 743 g/mol. The van der Waals surface area contributed by atoms with Crippen LogP contribution in [0.15, 0.2) is 206 Å². The first-order chi connectivity index (χ1) is 22.2. The molecule has 4 heteroatoms. The van der Waals surface area contributed by atoms with E-state index in [4.69, 9.17) is 5.11 Å². The molecule has 0 aliphatic carbocycles. The SMILES string of the molecule is C=CC/C(O)=C\C.[CH3-].[Rh].c1ccc([PH+](c2ccccc2)c2ccccc2)cc1.c1ccc([PH+](c2ccccc2)c2ccccc2)cc1. The molecule has 0 spiro atoms. The third kappa shape index (κ3) is 12.7. The topological polar surface area (TPSA) is 20.2 Å². The van der Waals surface area contributed by atoms with E-state index in [1.54, 1.807) is 19.1 Å². The molecule has 0 saturated heterocycles. The van der Waals surface area contributed by atoms with Gasteiger partial charge in [0, 0.05) is 25.9 Å². The van der Waals surface area contributed by atoms with Gasteiger partial charge >= 0.3 is 0 Å². The Morgan fingerprint density at radius 3 is 0.787 bits per heavy atom. The van der Waals surface area contributed by atoms with Crippen LogP contribution < -0.4 is 31.8 Å². The van der Waals surface area contributed by atoms with E-state index in [0.717, 1.165) is 0 Å². The van der Waals surface area contributed by atoms with E-state index < -0.39 is 15.8 Å². The van der Waals surface area contributed by atoms with Gasteiger partial charge in [-0.1, -0.05) is 115 Å². The molecule has 0 bridgehead atoms. The normalized spacial score (nSPS) is 10.2. The number of benzene rings is 6. The van der Waals surface area contributed by atoms with Crippen LogP contribution in [0.1, 0.15) is 13.3 Å². The van der Waals surface area contributed by atoms with Crippen LogP contribution in [0.25, 0.3) is 0 Å². The van der Waals surface area contributed by atoms with Gasteiger partial charge in [0.1, 0.15) is 31.8 Å². The summed E-state index contributed by atoms with van der Waals surface area (Å²) < 4.78 is 0. The molecule has 1 radical (unpaired) electrons. The molecule has 241 valence electrons. The molecule has 6 aromatic carbocycles. The van der Waals surface area contributed by atoms with Crippen molar-refractivity contribution in [1.82, 2.24) is 0 Å². The van der Waals surface area contributed by atoms with Gasteiger partial charge in [-0.25, -0.2) is 0 Å². The number of aliphatic hydroxyl groups excluding tert-OH is 1. The summed E-state index contributed by atoms with van der Waals surface area (Å²) in [7, 11) is -1.75. The summed E-state index contributed by atoms with van der Waals surface area (Å²) in [6, 6.07) is 65.0. The molecule has 1 nitrogen and oxygen atoms in total. The Balaban J connectivity index is 0.000000264. The van der Waals surface area contributed by atoms with E-state index in [9.17, 15) is 0 Å². The number of allylic oxidation sites excluding steroid dienone is 2. The van der Waals surface area contributed by atoms with Gasteiger partial charge in [-0.3, -0.25) is 0 Å². The molecule has 0 amide bonds. The molecular weight excluding hydrogens is 697 g/mol. The van der Waals surface area contributed by atoms with Crippen LogP contribution in [0.4, 0.5) is 0 Å². The molecule has 6 rings (SSSR count). The van der Waals surface area contributed by atoms with Crippen molar-refractivity contribution < 1.29 is 24.6 Å². The molecule has 0 aliphatic rings. The van der Waals surface area contributed by atoms with Gasteiger partial charge in [-0.2, -0.15) is 0 Å². The molecule has 0 aromatic heterocycles. The maximum atomic E-state index is 8.65. The molecular formula is C43H45OP2Rh+. The van der Waals surface area contributed by atoms with Crippen LogP contribution in [-0.2, 0) is 19.5 Å². The first-order valence-corrected chi connectivity index (χ1v) is 18.2. The number of hydrogen-bond donors (Lipinski definition) is 1. The Kier molecular flexibility index (Phi) is 18.9. The summed E-state index contributed by atoms with van der Waals surface area (Å²) in [5, 5.41) is 17.3. The van der Waals surface area contributed by atoms with Crippen molar-refractivity contribution in [1.29, 1.82) is 0 Å². The van der Waals surface area contributed by atoms with E-state index in [-0.39, 0.29) is 26.9 Å². The Morgan fingerprint density at radius 2 is 0.660 bits per heavy atom. The summed E-state index contributed by atoms with van der Waals surface area (Å²) in [5.74, 6) is 0.384. The summed E-state index contributed by atoms with van der Waals surface area (Å²) in [6.07, 6.45) is 3.90. The first-order valence-electron chi connectivity index (χ1n) is 15.2. The van der Waals surface area contributed by atoms with Crippen molar-refractivity contribution in [3.05, 3.63) is 214 Å². The number of rotatable bonds is 8. The first kappa shape index (κ1) is 39.3. The molecule has 1 N–H and O–H groups in total. The minimum absolute atomic E-state index is 0. The monoisotopic (exact) mass is 742 g/mol. The van der Waals surface area contributed by atoms with Crippen LogP contribution in [0.3, 0.4) is 0 Å². The maximum absolute atomic E-state index is 8.65. The van der Waals surface area contributed by atoms with E-state index in [1.807, 2.05) is 0 Å². The van der Waals surface area contributed by atoms with Crippen molar-refractivity contribution in [3.8, 4) is 0 Å². The van der Waals surface area contributed by atoms with Gasteiger partial charge in [-0.15, -0.1) is 6.58 Å². The average Bonchev–Trinajstić information content (AvgIpc) is 3.12. The molecule has 6 aromatic rings. The second kappa shape index (κ2) is 22.6. The van der Waals surface area contributed by atoms with Gasteiger partial charge in [-0.05, 0) is 85.8 Å². The van der Waals surface area contributed by atoms with Gasteiger partial charge < -0.3 is 12.5 Å². The summed E-state index contributed by atoms with van der Waals surface area (Å²) in [4.78, 5) is 0. The second-order valence-corrected chi connectivity index (χ2v) is 15.2. The Morgan fingerprint density at radius 1 is 0.468 bits per heavy atom. The number of hydrogen-bond acceptors (Lipinski definition) is 1. The molecule has 0 aliphatic heterocycles. The molecule has 0 fully saturated rings. The minimum atomic E-state index is -0.877. The smallest absolute Gasteiger partial charge is 0.102 e. The third-order valence-corrected chi connectivity index (χ3v) is 12.5. The van der Waals surface area contributed by atoms with E-state index >= 15 is 0 Å². The quantitative estimate of drug-likeness (QED) is 0.0544. The van der Waals surface area contributed by atoms with Crippen molar-refractivity contribution >= 4 is 47.7 Å². The Labute approximate surface area is 298 Å². The predicted molar refractivity (Wildman–Crippen MR) is 211 cm³/mol. The summed E-state index contributed by atoms with van der Waals surface area (Å²) in [5.41, 5.74) is 0. The van der Waals surface area contributed by atoms with Crippen molar-refractivity contribution in [3.63, 3.8) is 0 Å². The fraction of sp³-hybridized carbons (Fsp3) is 0.0465. The van der Waals surface area contributed by atoms with Crippen molar-refractivity contribution in [2.45, 2.75) is 13.3 Å². The van der Waals surface area contributed by atoms with Crippen LogP contribution in [0.2, 0.25) is 0 Å². The predicted octanol–water partition coefficient (Wildman–Crippen LogP) is 8.83. The van der Waals surface area contributed by atoms with Gasteiger partial charge in [0.05, 0.1) is 21.6 Å². The Hall–Kier alpha value is -3.92. The maximum Gasteiger partial charge on any atom is 0.102 e. The minimum Gasteiger partial charge on any atom is -0.512 e. The zero-order valence-corrected chi connectivity index (χ0v) is 30.8. The Bertz CT molecular complexity index is 1370. The van der Waals surface area contributed by atoms with Crippen molar-refractivity contribution in [2.24, 2.45) is 0 Å². The fourth-order valence-electron chi connectivity index (χ4n) is 4.89. The van der Waals surface area contributed by atoms with Gasteiger partial charge in [0.25, 0.3) is 0 Å². The van der Waals surface area contributed by atoms with Gasteiger partial charge in [0.15, 0.2) is 0 Å². The second-order valence-electron chi connectivity index (χ2n) is 10.2.